The van der Waals surface area contributed by atoms with Gasteiger partial charge in [0.15, 0.2) is 0 Å². The molecule has 1 N–H and O–H groups in total. The molecule has 0 saturated heterocycles. The topological polar surface area (TPSA) is 104 Å². The predicted molar refractivity (Wildman–Crippen MR) is 136 cm³/mol. The third kappa shape index (κ3) is 5.27. The van der Waals surface area contributed by atoms with Crippen molar-refractivity contribution in [2.24, 2.45) is 0 Å². The first kappa shape index (κ1) is 26.2. The smallest absolute Gasteiger partial charge is 0.269 e. The fourth-order valence-corrected chi connectivity index (χ4v) is 6.66. The first-order valence-corrected chi connectivity index (χ1v) is 14.0. The van der Waals surface area contributed by atoms with E-state index in [1.165, 1.54) is 17.0 Å². The van der Waals surface area contributed by atoms with E-state index in [0.717, 1.165) is 30.0 Å². The molecule has 2 aromatic carbocycles. The molecule has 192 valence electrons. The van der Waals surface area contributed by atoms with Gasteiger partial charge in [0.25, 0.3) is 15.9 Å². The second-order valence-corrected chi connectivity index (χ2v) is 11.4. The monoisotopic (exact) mass is 531 g/mol. The van der Waals surface area contributed by atoms with E-state index < -0.39 is 27.9 Å². The van der Waals surface area contributed by atoms with Crippen molar-refractivity contribution in [1.82, 2.24) is 14.5 Å². The molecule has 2 aromatic rings. The van der Waals surface area contributed by atoms with Gasteiger partial charge in [0.2, 0.25) is 11.8 Å². The van der Waals surface area contributed by atoms with Gasteiger partial charge >= 0.3 is 0 Å². The second kappa shape index (κ2) is 11.0. The maximum atomic E-state index is 13.5. The Bertz CT molecular complexity index is 1260. The summed E-state index contributed by atoms with van der Waals surface area (Å²) in [5, 5.41) is 3.54. The van der Waals surface area contributed by atoms with Crippen molar-refractivity contribution in [2.75, 3.05) is 6.54 Å². The number of rotatable bonds is 9. The maximum absolute atomic E-state index is 13.5. The Labute approximate surface area is 216 Å². The van der Waals surface area contributed by atoms with Gasteiger partial charge in [0.05, 0.1) is 5.56 Å². The Balaban J connectivity index is 1.54. The number of nitrogens with one attached hydrogen (secondary N) is 1. The number of sulfonamides is 1. The zero-order valence-corrected chi connectivity index (χ0v) is 21.7. The maximum Gasteiger partial charge on any atom is 0.269 e. The van der Waals surface area contributed by atoms with Crippen molar-refractivity contribution < 1.29 is 22.8 Å². The molecule has 2 aliphatic rings. The first-order valence-electron chi connectivity index (χ1n) is 12.2. The average molecular weight is 532 g/mol. The van der Waals surface area contributed by atoms with E-state index >= 15 is 0 Å². The van der Waals surface area contributed by atoms with Crippen LogP contribution in [0.1, 0.15) is 61.4 Å². The van der Waals surface area contributed by atoms with Crippen molar-refractivity contribution >= 4 is 39.3 Å². The number of halogens is 1. The number of carbonyl (C=O) groups excluding carboxylic acids is 3. The summed E-state index contributed by atoms with van der Waals surface area (Å²) in [5.74, 6) is -1.31. The van der Waals surface area contributed by atoms with Gasteiger partial charge in [-0.05, 0) is 43.0 Å². The summed E-state index contributed by atoms with van der Waals surface area (Å²) in [7, 11) is -4.03. The van der Waals surface area contributed by atoms with E-state index in [-0.39, 0.29) is 41.9 Å². The van der Waals surface area contributed by atoms with Crippen LogP contribution in [0.4, 0.5) is 0 Å². The van der Waals surface area contributed by atoms with Crippen LogP contribution in [-0.4, -0.2) is 54.0 Å². The normalized spacial score (nSPS) is 17.6. The van der Waals surface area contributed by atoms with Gasteiger partial charge in [-0.1, -0.05) is 61.7 Å². The summed E-state index contributed by atoms with van der Waals surface area (Å²) < 4.78 is 26.5. The van der Waals surface area contributed by atoms with Gasteiger partial charge in [-0.2, -0.15) is 0 Å². The van der Waals surface area contributed by atoms with Gasteiger partial charge < -0.3 is 10.2 Å². The van der Waals surface area contributed by atoms with Gasteiger partial charge in [-0.15, -0.1) is 0 Å². The SMILES string of the molecule is CC[C@@H](C(=O)NC1CCCC1)N(Cc1ccccc1Cl)C(=O)CCN1C(=O)c2ccccc2S1(=O)=O. The second-order valence-electron chi connectivity index (χ2n) is 9.16. The fourth-order valence-electron chi connectivity index (χ4n) is 4.89. The quantitative estimate of drug-likeness (QED) is 0.531. The number of carbonyl (C=O) groups is 3. The molecule has 0 radical (unpaired) electrons. The fraction of sp³-hybridized carbons (Fsp3) is 0.423. The molecule has 1 saturated carbocycles. The highest BCUT2D eigenvalue weighted by atomic mass is 35.5. The summed E-state index contributed by atoms with van der Waals surface area (Å²) >= 11 is 6.36. The van der Waals surface area contributed by atoms with Crippen LogP contribution >= 0.6 is 11.6 Å². The highest BCUT2D eigenvalue weighted by Crippen LogP contribution is 2.30. The standard InChI is InChI=1S/C26H30ClN3O5S/c1-2-22(25(32)28-19-10-4-5-11-19)29(17-18-9-3-7-13-21(18)27)24(31)15-16-30-26(33)20-12-6-8-14-23(20)36(30,34)35/h3,6-9,12-14,19,22H,2,4-5,10-11,15-17H2,1H3,(H,28,32)/t22-/m0/s1. The Morgan fingerprint density at radius 3 is 2.44 bits per heavy atom. The molecule has 3 amide bonds. The third-order valence-corrected chi connectivity index (χ3v) is 9.04. The number of hydrogen-bond acceptors (Lipinski definition) is 5. The van der Waals surface area contributed by atoms with Crippen molar-refractivity contribution in [2.45, 2.75) is 69.0 Å². The van der Waals surface area contributed by atoms with E-state index in [0.29, 0.717) is 17.0 Å². The van der Waals surface area contributed by atoms with Crippen molar-refractivity contribution in [3.63, 3.8) is 0 Å². The zero-order valence-electron chi connectivity index (χ0n) is 20.2. The molecular formula is C26H30ClN3O5S. The lowest BCUT2D eigenvalue weighted by molar-refractivity contribution is -0.141. The summed E-state index contributed by atoms with van der Waals surface area (Å²) in [6.07, 6.45) is 4.07. The lowest BCUT2D eigenvalue weighted by Crippen LogP contribution is -2.51. The molecule has 1 aliphatic heterocycles. The van der Waals surface area contributed by atoms with E-state index in [1.807, 2.05) is 6.92 Å². The van der Waals surface area contributed by atoms with Gasteiger partial charge in [0, 0.05) is 30.6 Å². The molecular weight excluding hydrogens is 502 g/mol. The van der Waals surface area contributed by atoms with Gasteiger partial charge in [-0.3, -0.25) is 14.4 Å². The molecule has 1 atom stereocenters. The summed E-state index contributed by atoms with van der Waals surface area (Å²) in [6.45, 7) is 1.61. The van der Waals surface area contributed by atoms with Crippen LogP contribution in [0.2, 0.25) is 5.02 Å². The molecule has 0 bridgehead atoms. The van der Waals surface area contributed by atoms with E-state index in [1.54, 1.807) is 36.4 Å². The molecule has 10 heteroatoms. The molecule has 4 rings (SSSR count). The Morgan fingerprint density at radius 1 is 1.11 bits per heavy atom. The minimum Gasteiger partial charge on any atom is -0.352 e. The van der Waals surface area contributed by atoms with E-state index in [2.05, 4.69) is 5.32 Å². The average Bonchev–Trinajstić information content (AvgIpc) is 3.43. The van der Waals surface area contributed by atoms with Crippen LogP contribution in [0.15, 0.2) is 53.4 Å². The molecule has 0 spiro atoms. The third-order valence-electron chi connectivity index (χ3n) is 6.83. The Morgan fingerprint density at radius 2 is 1.78 bits per heavy atom. The van der Waals surface area contributed by atoms with Crippen LogP contribution in [0.25, 0.3) is 0 Å². The highest BCUT2D eigenvalue weighted by molar-refractivity contribution is 7.90. The first-order chi connectivity index (χ1) is 17.2. The van der Waals surface area contributed by atoms with E-state index in [4.69, 9.17) is 11.6 Å². The number of hydrogen-bond donors (Lipinski definition) is 1. The molecule has 36 heavy (non-hydrogen) atoms. The van der Waals surface area contributed by atoms with Crippen LogP contribution in [0.3, 0.4) is 0 Å². The predicted octanol–water partition coefficient (Wildman–Crippen LogP) is 3.74. The summed E-state index contributed by atoms with van der Waals surface area (Å²) in [5.41, 5.74) is 0.775. The lowest BCUT2D eigenvalue weighted by Gasteiger charge is -2.32. The molecule has 1 heterocycles. The van der Waals surface area contributed by atoms with E-state index in [9.17, 15) is 22.8 Å². The molecule has 0 unspecified atom stereocenters. The molecule has 0 aromatic heterocycles. The number of amides is 3. The minimum absolute atomic E-state index is 0.0576. The Kier molecular flexibility index (Phi) is 8.00. The van der Waals surface area contributed by atoms with Gasteiger partial charge in [-0.25, -0.2) is 12.7 Å². The summed E-state index contributed by atoms with van der Waals surface area (Å²) in [6, 6.07) is 12.4. The van der Waals surface area contributed by atoms with Gasteiger partial charge in [0.1, 0.15) is 10.9 Å². The van der Waals surface area contributed by atoms with Crippen LogP contribution in [0.5, 0.6) is 0 Å². The molecule has 1 aliphatic carbocycles. The summed E-state index contributed by atoms with van der Waals surface area (Å²) in [4.78, 5) is 40.9. The molecule has 1 fully saturated rings. The Hall–Kier alpha value is -2.91. The van der Waals surface area contributed by atoms with Crippen LogP contribution < -0.4 is 5.32 Å². The number of nitrogens with zero attached hydrogens (tertiary/aromatic N) is 2. The highest BCUT2D eigenvalue weighted by Gasteiger charge is 2.41. The van der Waals surface area contributed by atoms with Crippen molar-refractivity contribution in [3.8, 4) is 0 Å². The largest absolute Gasteiger partial charge is 0.352 e. The van der Waals surface area contributed by atoms with Crippen LogP contribution in [-0.2, 0) is 26.2 Å². The van der Waals surface area contributed by atoms with Crippen molar-refractivity contribution in [3.05, 3.63) is 64.7 Å². The zero-order chi connectivity index (χ0) is 25.9. The number of fused-ring (bicyclic) bond motifs is 1. The lowest BCUT2D eigenvalue weighted by atomic mass is 10.1. The van der Waals surface area contributed by atoms with Crippen LogP contribution in [0, 0.1) is 0 Å². The molecule has 8 nitrogen and oxygen atoms in total. The minimum atomic E-state index is -4.03. The number of benzene rings is 2. The van der Waals surface area contributed by atoms with Crippen molar-refractivity contribution in [1.29, 1.82) is 0 Å².